The quantitative estimate of drug-likeness (QED) is 0.696. The van der Waals surface area contributed by atoms with Crippen LogP contribution in [0.2, 0.25) is 5.02 Å². The summed E-state index contributed by atoms with van der Waals surface area (Å²) < 4.78 is 11.4. The molecule has 110 valence electrons. The molecule has 0 aliphatic rings. The predicted octanol–water partition coefficient (Wildman–Crippen LogP) is 5.18. The summed E-state index contributed by atoms with van der Waals surface area (Å²) in [6, 6.07) is 9.37. The third-order valence-corrected chi connectivity index (χ3v) is 4.18. The van der Waals surface area contributed by atoms with Gasteiger partial charge in [0.1, 0.15) is 0 Å². The van der Waals surface area contributed by atoms with E-state index in [1.165, 1.54) is 0 Å². The number of methoxy groups -OCH3 is 2. The van der Waals surface area contributed by atoms with Crippen molar-refractivity contribution in [2.45, 2.75) is 6.92 Å². The first-order valence-corrected chi connectivity index (χ1v) is 7.44. The van der Waals surface area contributed by atoms with E-state index in [0.717, 1.165) is 21.3 Å². The van der Waals surface area contributed by atoms with Crippen LogP contribution in [-0.4, -0.2) is 20.4 Å². The zero-order valence-corrected chi connectivity index (χ0v) is 14.3. The van der Waals surface area contributed by atoms with E-state index in [4.69, 9.17) is 21.1 Å². The Bertz CT molecular complexity index is 686. The Morgan fingerprint density at radius 1 is 1.14 bits per heavy atom. The second-order valence-corrected chi connectivity index (χ2v) is 5.63. The van der Waals surface area contributed by atoms with Gasteiger partial charge in [-0.3, -0.25) is 4.99 Å². The van der Waals surface area contributed by atoms with E-state index in [0.29, 0.717) is 16.5 Å². The first kappa shape index (κ1) is 15.9. The molecular formula is C16H15BrClNO2. The number of nitrogens with zero attached hydrogens (tertiary/aromatic N) is 1. The molecular weight excluding hydrogens is 354 g/mol. The molecule has 0 unspecified atom stereocenters. The summed E-state index contributed by atoms with van der Waals surface area (Å²) in [7, 11) is 3.21. The Kier molecular flexibility index (Phi) is 5.26. The van der Waals surface area contributed by atoms with E-state index in [1.807, 2.05) is 37.3 Å². The molecule has 0 saturated heterocycles. The highest BCUT2D eigenvalue weighted by Crippen LogP contribution is 2.33. The lowest BCUT2D eigenvalue weighted by Crippen LogP contribution is -1.93. The van der Waals surface area contributed by atoms with E-state index in [-0.39, 0.29) is 0 Å². The number of hydrogen-bond donors (Lipinski definition) is 0. The summed E-state index contributed by atoms with van der Waals surface area (Å²) in [4.78, 5) is 4.49. The minimum Gasteiger partial charge on any atom is -0.493 e. The fourth-order valence-corrected chi connectivity index (χ4v) is 2.44. The van der Waals surface area contributed by atoms with Crippen LogP contribution in [0.25, 0.3) is 0 Å². The largest absolute Gasteiger partial charge is 0.493 e. The Balaban J connectivity index is 2.39. The van der Waals surface area contributed by atoms with Crippen molar-refractivity contribution in [1.29, 1.82) is 0 Å². The summed E-state index contributed by atoms with van der Waals surface area (Å²) in [6.07, 6.45) is 1.77. The Morgan fingerprint density at radius 3 is 2.48 bits per heavy atom. The smallest absolute Gasteiger partial charge is 0.161 e. The van der Waals surface area contributed by atoms with Gasteiger partial charge in [-0.05, 0) is 52.7 Å². The summed E-state index contributed by atoms with van der Waals surface area (Å²) in [5.74, 6) is 1.32. The predicted molar refractivity (Wildman–Crippen MR) is 90.7 cm³/mol. The lowest BCUT2D eigenvalue weighted by atomic mass is 10.2. The van der Waals surface area contributed by atoms with Crippen LogP contribution in [0.15, 0.2) is 39.8 Å². The third kappa shape index (κ3) is 3.57. The van der Waals surface area contributed by atoms with Crippen molar-refractivity contribution in [3.05, 3.63) is 51.0 Å². The molecule has 3 nitrogen and oxygen atoms in total. The molecule has 0 N–H and O–H groups in total. The summed E-state index contributed by atoms with van der Waals surface area (Å²) in [5, 5.41) is 0.705. The van der Waals surface area contributed by atoms with Gasteiger partial charge in [-0.15, -0.1) is 0 Å². The maximum absolute atomic E-state index is 6.09. The van der Waals surface area contributed by atoms with Gasteiger partial charge < -0.3 is 9.47 Å². The van der Waals surface area contributed by atoms with E-state index < -0.39 is 0 Å². The molecule has 2 rings (SSSR count). The maximum atomic E-state index is 6.09. The maximum Gasteiger partial charge on any atom is 0.161 e. The number of aliphatic imine (C=N–C) groups is 1. The lowest BCUT2D eigenvalue weighted by molar-refractivity contribution is 0.354. The van der Waals surface area contributed by atoms with Crippen LogP contribution >= 0.6 is 27.5 Å². The van der Waals surface area contributed by atoms with E-state index in [9.17, 15) is 0 Å². The molecule has 0 aliphatic heterocycles. The summed E-state index contributed by atoms with van der Waals surface area (Å²) in [5.41, 5.74) is 2.68. The topological polar surface area (TPSA) is 30.8 Å². The van der Waals surface area contributed by atoms with Crippen molar-refractivity contribution >= 4 is 39.4 Å². The number of rotatable bonds is 4. The number of halogens is 2. The zero-order valence-electron chi connectivity index (χ0n) is 12.0. The number of benzene rings is 2. The van der Waals surface area contributed by atoms with Crippen molar-refractivity contribution in [1.82, 2.24) is 0 Å². The minimum absolute atomic E-state index is 0.657. The lowest BCUT2D eigenvalue weighted by Gasteiger charge is -2.09. The summed E-state index contributed by atoms with van der Waals surface area (Å²) >= 11 is 9.60. The van der Waals surface area contributed by atoms with Crippen LogP contribution in [0.1, 0.15) is 11.1 Å². The molecule has 0 fully saturated rings. The molecule has 2 aromatic carbocycles. The van der Waals surface area contributed by atoms with E-state index in [2.05, 4.69) is 20.9 Å². The molecule has 0 aromatic heterocycles. The number of ether oxygens (including phenoxy) is 2. The Hall–Kier alpha value is -1.52. The summed E-state index contributed by atoms with van der Waals surface area (Å²) in [6.45, 7) is 1.94. The molecule has 0 heterocycles. The van der Waals surface area contributed by atoms with Gasteiger partial charge in [0, 0.05) is 21.3 Å². The Morgan fingerprint density at radius 2 is 1.81 bits per heavy atom. The van der Waals surface area contributed by atoms with Crippen LogP contribution in [-0.2, 0) is 0 Å². The van der Waals surface area contributed by atoms with Crippen molar-refractivity contribution in [3.63, 3.8) is 0 Å². The van der Waals surface area contributed by atoms with E-state index in [1.54, 1.807) is 20.4 Å². The average Bonchev–Trinajstić information content (AvgIpc) is 2.49. The van der Waals surface area contributed by atoms with Crippen LogP contribution in [0.3, 0.4) is 0 Å². The standard InChI is InChI=1S/C16H15BrClNO2/c1-10-13(18)5-4-6-14(10)19-9-11-7-15(20-2)16(21-3)8-12(11)17/h4-9H,1-3H3. The molecule has 0 radical (unpaired) electrons. The normalized spacial score (nSPS) is 10.9. The molecule has 0 bridgehead atoms. The van der Waals surface area contributed by atoms with Crippen LogP contribution in [0, 0.1) is 6.92 Å². The molecule has 5 heteroatoms. The number of hydrogen-bond acceptors (Lipinski definition) is 3. The molecule has 2 aromatic rings. The Labute approximate surface area is 137 Å². The molecule has 0 spiro atoms. The second kappa shape index (κ2) is 6.96. The van der Waals surface area contributed by atoms with Crippen molar-refractivity contribution < 1.29 is 9.47 Å². The molecule has 21 heavy (non-hydrogen) atoms. The van der Waals surface area contributed by atoms with Gasteiger partial charge in [0.2, 0.25) is 0 Å². The van der Waals surface area contributed by atoms with Gasteiger partial charge in [0.05, 0.1) is 19.9 Å². The fraction of sp³-hybridized carbons (Fsp3) is 0.188. The van der Waals surface area contributed by atoms with Crippen LogP contribution < -0.4 is 9.47 Å². The molecule has 0 amide bonds. The monoisotopic (exact) mass is 367 g/mol. The van der Waals surface area contributed by atoms with E-state index >= 15 is 0 Å². The highest BCUT2D eigenvalue weighted by molar-refractivity contribution is 9.10. The van der Waals surface area contributed by atoms with Crippen molar-refractivity contribution in [2.75, 3.05) is 14.2 Å². The fourth-order valence-electron chi connectivity index (χ4n) is 1.84. The molecule has 0 saturated carbocycles. The zero-order chi connectivity index (χ0) is 15.4. The van der Waals surface area contributed by atoms with Crippen LogP contribution in [0.4, 0.5) is 5.69 Å². The molecule has 0 aliphatic carbocycles. The van der Waals surface area contributed by atoms with Gasteiger partial charge in [-0.1, -0.05) is 17.7 Å². The highest BCUT2D eigenvalue weighted by atomic mass is 79.9. The first-order valence-electron chi connectivity index (χ1n) is 6.27. The van der Waals surface area contributed by atoms with Crippen molar-refractivity contribution in [3.8, 4) is 11.5 Å². The second-order valence-electron chi connectivity index (χ2n) is 4.37. The highest BCUT2D eigenvalue weighted by Gasteiger charge is 2.08. The van der Waals surface area contributed by atoms with Crippen LogP contribution in [0.5, 0.6) is 11.5 Å². The third-order valence-electron chi connectivity index (χ3n) is 3.08. The van der Waals surface area contributed by atoms with Gasteiger partial charge in [0.25, 0.3) is 0 Å². The SMILES string of the molecule is COc1cc(Br)c(C=Nc2cccc(Cl)c2C)cc1OC. The first-order chi connectivity index (χ1) is 10.1. The van der Waals surface area contributed by atoms with Gasteiger partial charge in [-0.2, -0.15) is 0 Å². The average molecular weight is 369 g/mol. The van der Waals surface area contributed by atoms with Gasteiger partial charge in [0.15, 0.2) is 11.5 Å². The van der Waals surface area contributed by atoms with Gasteiger partial charge in [-0.25, -0.2) is 0 Å². The minimum atomic E-state index is 0.657. The van der Waals surface area contributed by atoms with Gasteiger partial charge >= 0.3 is 0 Å². The van der Waals surface area contributed by atoms with Crippen molar-refractivity contribution in [2.24, 2.45) is 4.99 Å². The molecule has 0 atom stereocenters.